The minimum Gasteiger partial charge on any atom is -0.457 e. The molecular formula is C41H38N2O6. The molecule has 0 atom stereocenters. The van der Waals surface area contributed by atoms with Crippen molar-refractivity contribution in [1.82, 2.24) is 0 Å². The van der Waals surface area contributed by atoms with Crippen molar-refractivity contribution in [2.45, 2.75) is 57.8 Å². The molecule has 0 spiro atoms. The van der Waals surface area contributed by atoms with E-state index in [0.29, 0.717) is 34.4 Å². The maximum absolute atomic E-state index is 12.0. The van der Waals surface area contributed by atoms with Crippen LogP contribution in [-0.4, -0.2) is 23.6 Å². The second kappa shape index (κ2) is 14.6. The molecule has 2 heterocycles. The Kier molecular flexibility index (Phi) is 9.85. The number of amides is 4. The fourth-order valence-corrected chi connectivity index (χ4v) is 6.23. The fourth-order valence-electron chi connectivity index (χ4n) is 6.23. The van der Waals surface area contributed by atoms with Crippen molar-refractivity contribution in [3.63, 3.8) is 0 Å². The van der Waals surface area contributed by atoms with Gasteiger partial charge >= 0.3 is 0 Å². The zero-order valence-corrected chi connectivity index (χ0v) is 27.6. The van der Waals surface area contributed by atoms with Crippen molar-refractivity contribution in [1.29, 1.82) is 0 Å². The standard InChI is InChI=1S/C41H38N2O6/c1-3-4-5-6-7-28-41(2,29-8-16-33(17-9-29)48-35-20-12-31(13-21-35)42-37(44)24-25-38(42)45)30-10-18-34(19-11-30)49-36-22-14-32(15-23-36)43-39(46)26-27-40(43)47/h8-27H,3-7,28H2,1-2H3. The SMILES string of the molecule is CCCCCCCC(C)(c1ccc(Oc2ccc(N3C(=O)C=CC3=O)cc2)cc1)c1ccc(Oc2ccc(N3C(=O)C=CC3=O)cc2)cc1. The Bertz CT molecular complexity index is 1720. The van der Waals surface area contributed by atoms with Crippen molar-refractivity contribution >= 4 is 35.0 Å². The summed E-state index contributed by atoms with van der Waals surface area (Å²) in [5.41, 5.74) is 3.09. The number of carbonyl (C=O) groups excluding carboxylic acids is 4. The first kappa shape index (κ1) is 33.2. The van der Waals surface area contributed by atoms with Gasteiger partial charge < -0.3 is 9.47 Å². The Morgan fingerprint density at radius 2 is 0.796 bits per heavy atom. The minimum absolute atomic E-state index is 0.252. The molecule has 2 aliphatic heterocycles. The molecule has 0 N–H and O–H groups in total. The van der Waals surface area contributed by atoms with Gasteiger partial charge in [-0.15, -0.1) is 0 Å². The van der Waals surface area contributed by atoms with Crippen LogP contribution in [0, 0.1) is 0 Å². The van der Waals surface area contributed by atoms with Gasteiger partial charge in [-0.05, 0) is 90.3 Å². The number of anilines is 2. The first-order valence-corrected chi connectivity index (χ1v) is 16.6. The van der Waals surface area contributed by atoms with Crippen LogP contribution in [0.2, 0.25) is 0 Å². The molecule has 0 saturated carbocycles. The molecule has 8 heteroatoms. The third-order valence-electron chi connectivity index (χ3n) is 9.04. The number of hydrogen-bond acceptors (Lipinski definition) is 6. The lowest BCUT2D eigenvalue weighted by Crippen LogP contribution is -2.29. The molecule has 2 aliphatic rings. The summed E-state index contributed by atoms with van der Waals surface area (Å²) in [5.74, 6) is 1.14. The number of nitrogens with zero attached hydrogens (tertiary/aromatic N) is 2. The number of hydrogen-bond donors (Lipinski definition) is 0. The van der Waals surface area contributed by atoms with Crippen molar-refractivity contribution in [3.05, 3.63) is 132 Å². The van der Waals surface area contributed by atoms with Crippen molar-refractivity contribution in [2.75, 3.05) is 9.80 Å². The van der Waals surface area contributed by atoms with Gasteiger partial charge in [0.2, 0.25) is 0 Å². The molecule has 248 valence electrons. The number of carbonyl (C=O) groups is 4. The van der Waals surface area contributed by atoms with Crippen LogP contribution in [0.15, 0.2) is 121 Å². The number of benzene rings is 4. The van der Waals surface area contributed by atoms with E-state index in [9.17, 15) is 19.2 Å². The molecule has 0 bridgehead atoms. The molecule has 0 saturated heterocycles. The Hall–Kier alpha value is -5.76. The molecule has 6 rings (SSSR count). The van der Waals surface area contributed by atoms with E-state index in [1.54, 1.807) is 48.5 Å². The molecule has 49 heavy (non-hydrogen) atoms. The summed E-state index contributed by atoms with van der Waals surface area (Å²) in [4.78, 5) is 50.3. The number of ether oxygens (including phenoxy) is 2. The molecule has 8 nitrogen and oxygen atoms in total. The molecule has 0 radical (unpaired) electrons. The molecule has 4 aromatic rings. The number of imide groups is 2. The van der Waals surface area contributed by atoms with E-state index in [1.807, 2.05) is 24.3 Å². The van der Waals surface area contributed by atoms with E-state index in [4.69, 9.17) is 9.47 Å². The van der Waals surface area contributed by atoms with Crippen LogP contribution < -0.4 is 19.3 Å². The smallest absolute Gasteiger partial charge is 0.258 e. The summed E-state index contributed by atoms with van der Waals surface area (Å²) in [6, 6.07) is 30.1. The van der Waals surface area contributed by atoms with Gasteiger partial charge in [-0.3, -0.25) is 19.2 Å². The molecular weight excluding hydrogens is 616 g/mol. The summed E-state index contributed by atoms with van der Waals surface area (Å²) < 4.78 is 12.2. The monoisotopic (exact) mass is 654 g/mol. The van der Waals surface area contributed by atoms with Gasteiger partial charge in [-0.25, -0.2) is 9.80 Å². The van der Waals surface area contributed by atoms with Gasteiger partial charge in [0.05, 0.1) is 11.4 Å². The lowest BCUT2D eigenvalue weighted by atomic mass is 9.72. The molecule has 0 aromatic heterocycles. The lowest BCUT2D eigenvalue weighted by molar-refractivity contribution is -0.121. The van der Waals surface area contributed by atoms with Gasteiger partial charge in [0.25, 0.3) is 23.6 Å². The summed E-state index contributed by atoms with van der Waals surface area (Å²) in [6.07, 6.45) is 12.0. The van der Waals surface area contributed by atoms with Crippen LogP contribution >= 0.6 is 0 Å². The fraction of sp³-hybridized carbons (Fsp3) is 0.220. The van der Waals surface area contributed by atoms with Crippen LogP contribution in [-0.2, 0) is 24.6 Å². The van der Waals surface area contributed by atoms with Gasteiger partial charge in [0.15, 0.2) is 0 Å². The zero-order valence-electron chi connectivity index (χ0n) is 27.6. The van der Waals surface area contributed by atoms with E-state index in [0.717, 1.165) is 22.6 Å². The third kappa shape index (κ3) is 7.38. The van der Waals surface area contributed by atoms with Crippen molar-refractivity contribution in [3.8, 4) is 23.0 Å². The van der Waals surface area contributed by atoms with Crippen LogP contribution in [0.1, 0.15) is 63.5 Å². The highest BCUT2D eigenvalue weighted by Gasteiger charge is 2.29. The highest BCUT2D eigenvalue weighted by Crippen LogP contribution is 2.39. The first-order valence-electron chi connectivity index (χ1n) is 16.6. The summed E-state index contributed by atoms with van der Waals surface area (Å²) in [6.45, 7) is 4.50. The summed E-state index contributed by atoms with van der Waals surface area (Å²) in [7, 11) is 0. The van der Waals surface area contributed by atoms with E-state index in [2.05, 4.69) is 38.1 Å². The Morgan fingerprint density at radius 1 is 0.469 bits per heavy atom. The van der Waals surface area contributed by atoms with Crippen LogP contribution in [0.25, 0.3) is 0 Å². The quantitative estimate of drug-likeness (QED) is 0.0997. The van der Waals surface area contributed by atoms with Gasteiger partial charge in [-0.2, -0.15) is 0 Å². The average Bonchev–Trinajstić information content (AvgIpc) is 3.64. The van der Waals surface area contributed by atoms with E-state index < -0.39 is 0 Å². The van der Waals surface area contributed by atoms with Crippen molar-refractivity contribution in [2.24, 2.45) is 0 Å². The van der Waals surface area contributed by atoms with Crippen LogP contribution in [0.5, 0.6) is 23.0 Å². The maximum atomic E-state index is 12.0. The second-order valence-corrected chi connectivity index (χ2v) is 12.4. The Balaban J connectivity index is 1.15. The average molecular weight is 655 g/mol. The Labute approximate surface area is 286 Å². The highest BCUT2D eigenvalue weighted by atomic mass is 16.5. The van der Waals surface area contributed by atoms with Gasteiger partial charge in [-0.1, -0.05) is 70.2 Å². The topological polar surface area (TPSA) is 93.2 Å². The van der Waals surface area contributed by atoms with E-state index in [-0.39, 0.29) is 29.0 Å². The Morgan fingerprint density at radius 3 is 1.14 bits per heavy atom. The second-order valence-electron chi connectivity index (χ2n) is 12.4. The number of rotatable bonds is 14. The lowest BCUT2D eigenvalue weighted by Gasteiger charge is -2.31. The molecule has 4 amide bonds. The molecule has 0 aliphatic carbocycles. The van der Waals surface area contributed by atoms with Crippen LogP contribution in [0.3, 0.4) is 0 Å². The summed E-state index contributed by atoms with van der Waals surface area (Å²) in [5, 5.41) is 0. The largest absolute Gasteiger partial charge is 0.457 e. The van der Waals surface area contributed by atoms with Crippen molar-refractivity contribution < 1.29 is 28.7 Å². The third-order valence-corrected chi connectivity index (χ3v) is 9.04. The van der Waals surface area contributed by atoms with E-state index in [1.165, 1.54) is 61.1 Å². The predicted molar refractivity (Wildman–Crippen MR) is 189 cm³/mol. The molecule has 0 fully saturated rings. The molecule has 0 unspecified atom stereocenters. The predicted octanol–water partition coefficient (Wildman–Crippen LogP) is 8.80. The molecule has 4 aromatic carbocycles. The minimum atomic E-state index is -0.357. The first-order chi connectivity index (χ1) is 23.7. The van der Waals surface area contributed by atoms with Gasteiger partial charge in [0.1, 0.15) is 23.0 Å². The van der Waals surface area contributed by atoms with Crippen LogP contribution in [0.4, 0.5) is 11.4 Å². The van der Waals surface area contributed by atoms with E-state index >= 15 is 0 Å². The number of unbranched alkanes of at least 4 members (excludes halogenated alkanes) is 4. The normalized spacial score (nSPS) is 14.3. The maximum Gasteiger partial charge on any atom is 0.258 e. The summed E-state index contributed by atoms with van der Waals surface area (Å²) >= 11 is 0. The van der Waals surface area contributed by atoms with Gasteiger partial charge in [0, 0.05) is 29.7 Å². The highest BCUT2D eigenvalue weighted by molar-refractivity contribution is 6.28. The zero-order chi connectivity index (χ0) is 34.4.